The second-order valence-electron chi connectivity index (χ2n) is 5.30. The summed E-state index contributed by atoms with van der Waals surface area (Å²) in [5, 5.41) is 2.46. The van der Waals surface area contributed by atoms with Gasteiger partial charge >= 0.3 is 0 Å². The van der Waals surface area contributed by atoms with Gasteiger partial charge in [-0.05, 0) is 66.4 Å². The van der Waals surface area contributed by atoms with Crippen molar-refractivity contribution in [1.29, 1.82) is 0 Å². The molecule has 0 aliphatic heterocycles. The Morgan fingerprint density at radius 3 is 1.84 bits per heavy atom. The van der Waals surface area contributed by atoms with E-state index in [1.54, 1.807) is 0 Å². The third-order valence-corrected chi connectivity index (χ3v) is 3.40. The van der Waals surface area contributed by atoms with Crippen LogP contribution >= 0.6 is 0 Å². The van der Waals surface area contributed by atoms with Crippen LogP contribution in [0.1, 0.15) is 37.5 Å². The highest BCUT2D eigenvalue weighted by molar-refractivity contribution is 5.97. The fourth-order valence-corrected chi connectivity index (χ4v) is 2.23. The molecule has 0 saturated heterocycles. The molecule has 0 saturated carbocycles. The lowest BCUT2D eigenvalue weighted by molar-refractivity contribution is 1.55. The molecular formula is C19H20. The highest BCUT2D eigenvalue weighted by Gasteiger charge is 2.07. The average molecular weight is 248 g/mol. The first kappa shape index (κ1) is 13.4. The maximum absolute atomic E-state index is 4.09. The van der Waals surface area contributed by atoms with E-state index >= 15 is 0 Å². The SMILES string of the molecule is C=C(C)c1ccc2c(C(=C)C)cc(C(=C)C)cc2c1. The van der Waals surface area contributed by atoms with Crippen LogP contribution in [0.25, 0.3) is 27.5 Å². The first-order valence-electron chi connectivity index (χ1n) is 6.45. The number of benzene rings is 2. The molecular weight excluding hydrogens is 228 g/mol. The first-order chi connectivity index (χ1) is 8.90. The van der Waals surface area contributed by atoms with Gasteiger partial charge in [0.15, 0.2) is 0 Å². The number of allylic oxidation sites excluding steroid dienone is 3. The Morgan fingerprint density at radius 1 is 0.737 bits per heavy atom. The van der Waals surface area contributed by atoms with E-state index < -0.39 is 0 Å². The minimum Gasteiger partial charge on any atom is -0.0955 e. The van der Waals surface area contributed by atoms with Gasteiger partial charge in [0.05, 0.1) is 0 Å². The number of fused-ring (bicyclic) bond motifs is 1. The highest BCUT2D eigenvalue weighted by Crippen LogP contribution is 2.30. The molecule has 0 amide bonds. The predicted octanol–water partition coefficient (Wildman–Crippen LogP) is 5.94. The van der Waals surface area contributed by atoms with Crippen molar-refractivity contribution in [3.8, 4) is 0 Å². The minimum atomic E-state index is 1.07. The van der Waals surface area contributed by atoms with Crippen LogP contribution in [0.4, 0.5) is 0 Å². The van der Waals surface area contributed by atoms with Crippen molar-refractivity contribution in [2.45, 2.75) is 20.8 Å². The molecule has 19 heavy (non-hydrogen) atoms. The molecule has 0 aromatic heterocycles. The smallest absolute Gasteiger partial charge is 0.0108 e. The normalized spacial score (nSPS) is 10.5. The summed E-state index contributed by atoms with van der Waals surface area (Å²) in [5.41, 5.74) is 6.79. The molecule has 0 radical (unpaired) electrons. The van der Waals surface area contributed by atoms with Crippen molar-refractivity contribution in [1.82, 2.24) is 0 Å². The van der Waals surface area contributed by atoms with Crippen LogP contribution in [0.5, 0.6) is 0 Å². The molecule has 96 valence electrons. The van der Waals surface area contributed by atoms with Crippen LogP contribution in [0.2, 0.25) is 0 Å². The zero-order valence-electron chi connectivity index (χ0n) is 12.0. The molecule has 0 heterocycles. The van der Waals surface area contributed by atoms with Crippen LogP contribution < -0.4 is 0 Å². The van der Waals surface area contributed by atoms with Crippen molar-refractivity contribution in [2.24, 2.45) is 0 Å². The van der Waals surface area contributed by atoms with Crippen LogP contribution in [-0.4, -0.2) is 0 Å². The van der Waals surface area contributed by atoms with Gasteiger partial charge in [0.1, 0.15) is 0 Å². The summed E-state index contributed by atoms with van der Waals surface area (Å²) in [4.78, 5) is 0. The average Bonchev–Trinajstić information content (AvgIpc) is 2.36. The van der Waals surface area contributed by atoms with Gasteiger partial charge in [0.25, 0.3) is 0 Å². The Morgan fingerprint density at radius 2 is 1.32 bits per heavy atom. The quantitative estimate of drug-likeness (QED) is 0.630. The molecule has 0 unspecified atom stereocenters. The molecule has 0 spiro atoms. The number of hydrogen-bond donors (Lipinski definition) is 0. The summed E-state index contributed by atoms with van der Waals surface area (Å²) >= 11 is 0. The van der Waals surface area contributed by atoms with E-state index in [-0.39, 0.29) is 0 Å². The molecule has 0 atom stereocenters. The molecule has 2 rings (SSSR count). The third kappa shape index (κ3) is 2.53. The van der Waals surface area contributed by atoms with Crippen LogP contribution in [0.15, 0.2) is 50.1 Å². The zero-order chi connectivity index (χ0) is 14.2. The summed E-state index contributed by atoms with van der Waals surface area (Å²) in [6.45, 7) is 18.3. The van der Waals surface area contributed by atoms with Crippen molar-refractivity contribution < 1.29 is 0 Å². The van der Waals surface area contributed by atoms with E-state index in [0.29, 0.717) is 0 Å². The van der Waals surface area contributed by atoms with Crippen molar-refractivity contribution in [3.63, 3.8) is 0 Å². The summed E-state index contributed by atoms with van der Waals surface area (Å²) < 4.78 is 0. The molecule has 0 aliphatic rings. The molecule has 0 bridgehead atoms. The molecule has 0 aliphatic carbocycles. The standard InChI is InChI=1S/C19H20/c1-12(2)15-7-8-18-17(9-15)10-16(13(3)4)11-19(18)14(5)6/h7-11H,1,3,5H2,2,4,6H3. The van der Waals surface area contributed by atoms with Gasteiger partial charge in [0.2, 0.25) is 0 Å². The van der Waals surface area contributed by atoms with Gasteiger partial charge in [-0.15, -0.1) is 0 Å². The largest absolute Gasteiger partial charge is 0.0955 e. The van der Waals surface area contributed by atoms with Gasteiger partial charge in [-0.25, -0.2) is 0 Å². The van der Waals surface area contributed by atoms with Gasteiger partial charge in [-0.3, -0.25) is 0 Å². The Bertz CT molecular complexity index is 694. The molecule has 0 heteroatoms. The molecule has 2 aromatic rings. The van der Waals surface area contributed by atoms with Crippen molar-refractivity contribution in [2.75, 3.05) is 0 Å². The van der Waals surface area contributed by atoms with Gasteiger partial charge in [-0.2, -0.15) is 0 Å². The fraction of sp³-hybridized carbons (Fsp3) is 0.158. The van der Waals surface area contributed by atoms with Crippen LogP contribution in [-0.2, 0) is 0 Å². The van der Waals surface area contributed by atoms with E-state index in [2.05, 4.69) is 50.1 Å². The monoisotopic (exact) mass is 248 g/mol. The molecule has 0 nitrogen and oxygen atoms in total. The van der Waals surface area contributed by atoms with E-state index in [0.717, 1.165) is 16.7 Å². The van der Waals surface area contributed by atoms with Crippen molar-refractivity contribution >= 4 is 27.5 Å². The Balaban J connectivity index is 2.83. The second-order valence-corrected chi connectivity index (χ2v) is 5.30. The van der Waals surface area contributed by atoms with E-state index in [1.165, 1.54) is 27.5 Å². The Labute approximate surface area is 115 Å². The maximum Gasteiger partial charge on any atom is -0.0108 e. The Kier molecular flexibility index (Phi) is 3.44. The van der Waals surface area contributed by atoms with Gasteiger partial charge in [0, 0.05) is 0 Å². The first-order valence-corrected chi connectivity index (χ1v) is 6.45. The van der Waals surface area contributed by atoms with Crippen LogP contribution in [0.3, 0.4) is 0 Å². The molecule has 0 fully saturated rings. The summed E-state index contributed by atoms with van der Waals surface area (Å²) in [6.07, 6.45) is 0. The van der Waals surface area contributed by atoms with Crippen molar-refractivity contribution in [3.05, 3.63) is 66.8 Å². The second kappa shape index (κ2) is 4.89. The molecule has 2 aromatic carbocycles. The van der Waals surface area contributed by atoms with Gasteiger partial charge in [-0.1, -0.05) is 48.6 Å². The van der Waals surface area contributed by atoms with E-state index in [4.69, 9.17) is 0 Å². The minimum absolute atomic E-state index is 1.07. The summed E-state index contributed by atoms with van der Waals surface area (Å²) in [7, 11) is 0. The predicted molar refractivity (Wildman–Crippen MR) is 88.1 cm³/mol. The van der Waals surface area contributed by atoms with E-state index in [9.17, 15) is 0 Å². The summed E-state index contributed by atoms with van der Waals surface area (Å²) in [5.74, 6) is 0. The number of rotatable bonds is 3. The maximum atomic E-state index is 4.09. The zero-order valence-corrected chi connectivity index (χ0v) is 12.0. The molecule has 0 N–H and O–H groups in total. The van der Waals surface area contributed by atoms with Gasteiger partial charge < -0.3 is 0 Å². The lowest BCUT2D eigenvalue weighted by Gasteiger charge is -2.12. The van der Waals surface area contributed by atoms with Crippen LogP contribution in [0, 0.1) is 0 Å². The lowest BCUT2D eigenvalue weighted by atomic mass is 9.93. The summed E-state index contributed by atoms with van der Waals surface area (Å²) in [6, 6.07) is 10.8. The fourth-order valence-electron chi connectivity index (χ4n) is 2.23. The number of hydrogen-bond acceptors (Lipinski definition) is 0. The third-order valence-electron chi connectivity index (χ3n) is 3.40. The topological polar surface area (TPSA) is 0 Å². The lowest BCUT2D eigenvalue weighted by Crippen LogP contribution is -1.89. The highest BCUT2D eigenvalue weighted by atomic mass is 14.1. The Hall–Kier alpha value is -2.08. The van der Waals surface area contributed by atoms with E-state index in [1.807, 2.05) is 20.8 Å².